The number of nitrogens with one attached hydrogen (secondary N) is 1. The molecule has 1 aromatic heterocycles. The van der Waals surface area contributed by atoms with E-state index >= 15 is 0 Å². The molecule has 21 heavy (non-hydrogen) atoms. The number of rotatable bonds is 8. The first-order valence-electron chi connectivity index (χ1n) is 6.65. The Morgan fingerprint density at radius 3 is 2.33 bits per heavy atom. The Morgan fingerprint density at radius 1 is 1.38 bits per heavy atom. The van der Waals surface area contributed by atoms with Crippen molar-refractivity contribution >= 4 is 27.3 Å². The van der Waals surface area contributed by atoms with Crippen molar-refractivity contribution in [3.63, 3.8) is 0 Å². The van der Waals surface area contributed by atoms with E-state index in [4.69, 9.17) is 5.11 Å². The van der Waals surface area contributed by atoms with Crippen LogP contribution in [0.3, 0.4) is 0 Å². The minimum absolute atomic E-state index is 0.0172. The Kier molecular flexibility index (Phi) is 5.92. The van der Waals surface area contributed by atoms with Gasteiger partial charge in [0.25, 0.3) is 0 Å². The van der Waals surface area contributed by atoms with Gasteiger partial charge in [-0.25, -0.2) is 17.9 Å². The molecule has 0 fully saturated rings. The van der Waals surface area contributed by atoms with Crippen LogP contribution in [0.15, 0.2) is 10.3 Å². The maximum Gasteiger partial charge on any atom is 0.346 e. The first kappa shape index (κ1) is 18.1. The number of aryl methyl sites for hydroxylation is 1. The van der Waals surface area contributed by atoms with Gasteiger partial charge < -0.3 is 10.2 Å². The molecule has 0 amide bonds. The van der Waals surface area contributed by atoms with E-state index in [2.05, 4.69) is 4.72 Å². The molecule has 0 unspecified atom stereocenters. The Labute approximate surface area is 128 Å². The lowest BCUT2D eigenvalue weighted by Crippen LogP contribution is -2.39. The monoisotopic (exact) mass is 335 g/mol. The first-order valence-corrected chi connectivity index (χ1v) is 8.95. The largest absolute Gasteiger partial charge is 0.477 e. The van der Waals surface area contributed by atoms with Crippen LogP contribution in [0.1, 0.15) is 41.9 Å². The van der Waals surface area contributed by atoms with Crippen molar-refractivity contribution in [3.05, 3.63) is 16.5 Å². The summed E-state index contributed by atoms with van der Waals surface area (Å²) < 4.78 is 26.9. The topological polar surface area (TPSA) is 104 Å². The molecule has 1 aromatic rings. The van der Waals surface area contributed by atoms with Crippen LogP contribution in [-0.2, 0) is 10.0 Å². The fourth-order valence-electron chi connectivity index (χ4n) is 1.90. The molecule has 0 bridgehead atoms. The minimum Gasteiger partial charge on any atom is -0.477 e. The number of carboxylic acid groups (broad SMARTS) is 1. The number of hydrogen-bond donors (Lipinski definition) is 3. The van der Waals surface area contributed by atoms with Crippen molar-refractivity contribution in [2.75, 3.05) is 13.2 Å². The molecule has 0 atom stereocenters. The van der Waals surface area contributed by atoms with Gasteiger partial charge in [-0.2, -0.15) is 0 Å². The molecular formula is C13H21NO5S2. The van der Waals surface area contributed by atoms with Crippen LogP contribution in [0.5, 0.6) is 0 Å². The molecule has 1 rings (SSSR count). The van der Waals surface area contributed by atoms with Crippen molar-refractivity contribution in [2.45, 2.75) is 37.8 Å². The molecule has 6 nitrogen and oxygen atoms in total. The van der Waals surface area contributed by atoms with Gasteiger partial charge in [0.15, 0.2) is 0 Å². The molecule has 0 spiro atoms. The molecule has 0 aliphatic carbocycles. The highest BCUT2D eigenvalue weighted by Crippen LogP contribution is 2.28. The van der Waals surface area contributed by atoms with Gasteiger partial charge in [0.2, 0.25) is 10.0 Å². The third kappa shape index (κ3) is 4.03. The highest BCUT2D eigenvalue weighted by atomic mass is 32.2. The van der Waals surface area contributed by atoms with Gasteiger partial charge in [-0.15, -0.1) is 11.3 Å². The number of thiophene rings is 1. The number of aromatic carboxylic acids is 1. The maximum absolute atomic E-state index is 12.2. The van der Waals surface area contributed by atoms with Crippen LogP contribution in [0, 0.1) is 12.3 Å². The Hall–Kier alpha value is -0.960. The summed E-state index contributed by atoms with van der Waals surface area (Å²) in [5.74, 6) is -1.13. The zero-order valence-electron chi connectivity index (χ0n) is 12.3. The van der Waals surface area contributed by atoms with Crippen molar-refractivity contribution in [3.8, 4) is 0 Å². The van der Waals surface area contributed by atoms with Gasteiger partial charge in [-0.05, 0) is 31.4 Å². The molecule has 3 N–H and O–H groups in total. The minimum atomic E-state index is -3.76. The van der Waals surface area contributed by atoms with Crippen LogP contribution < -0.4 is 4.72 Å². The van der Waals surface area contributed by atoms with E-state index in [0.717, 1.165) is 11.3 Å². The summed E-state index contributed by atoms with van der Waals surface area (Å²) in [6.45, 7) is 5.37. The van der Waals surface area contributed by atoms with Gasteiger partial charge >= 0.3 is 5.97 Å². The molecular weight excluding hydrogens is 314 g/mol. The van der Waals surface area contributed by atoms with Gasteiger partial charge in [-0.3, -0.25) is 0 Å². The molecule has 0 saturated carbocycles. The SMILES string of the molecule is CCC(CC)(CO)CNS(=O)(=O)c1cc(C)c(C(=O)O)s1. The van der Waals surface area contributed by atoms with Gasteiger partial charge in [0, 0.05) is 18.6 Å². The second kappa shape index (κ2) is 6.87. The van der Waals surface area contributed by atoms with E-state index in [1.807, 2.05) is 13.8 Å². The Bertz CT molecular complexity index is 594. The van der Waals surface area contributed by atoms with Crippen LogP contribution >= 0.6 is 11.3 Å². The fraction of sp³-hybridized carbons (Fsp3) is 0.615. The summed E-state index contributed by atoms with van der Waals surface area (Å²) in [6.07, 6.45) is 1.29. The van der Waals surface area contributed by atoms with Crippen molar-refractivity contribution < 1.29 is 23.4 Å². The normalized spacial score (nSPS) is 12.6. The zero-order valence-corrected chi connectivity index (χ0v) is 14.0. The second-order valence-electron chi connectivity index (χ2n) is 5.07. The molecule has 0 radical (unpaired) electrons. The summed E-state index contributed by atoms with van der Waals surface area (Å²) in [5, 5.41) is 18.4. The predicted octanol–water partition coefficient (Wildman–Crippen LogP) is 1.83. The summed E-state index contributed by atoms with van der Waals surface area (Å²) in [4.78, 5) is 11.0. The lowest BCUT2D eigenvalue weighted by atomic mass is 9.84. The highest BCUT2D eigenvalue weighted by Gasteiger charge is 2.29. The smallest absolute Gasteiger partial charge is 0.346 e. The van der Waals surface area contributed by atoms with Crippen LogP contribution in [0.4, 0.5) is 0 Å². The Morgan fingerprint density at radius 2 is 1.95 bits per heavy atom. The number of aliphatic hydroxyl groups is 1. The number of sulfonamides is 1. The fourth-order valence-corrected chi connectivity index (χ4v) is 4.48. The summed E-state index contributed by atoms with van der Waals surface area (Å²) in [6, 6.07) is 1.36. The van der Waals surface area contributed by atoms with Crippen LogP contribution in [0.2, 0.25) is 0 Å². The van der Waals surface area contributed by atoms with E-state index in [1.54, 1.807) is 6.92 Å². The van der Waals surface area contributed by atoms with Crippen molar-refractivity contribution in [2.24, 2.45) is 5.41 Å². The molecule has 1 heterocycles. The lowest BCUT2D eigenvalue weighted by Gasteiger charge is -2.29. The van der Waals surface area contributed by atoms with Gasteiger partial charge in [0.05, 0.1) is 0 Å². The molecule has 0 aliphatic rings. The molecule has 0 aromatic carbocycles. The summed E-state index contributed by atoms with van der Waals surface area (Å²) in [7, 11) is -3.76. The lowest BCUT2D eigenvalue weighted by molar-refractivity contribution is 0.0701. The van der Waals surface area contributed by atoms with Gasteiger partial charge in [0.1, 0.15) is 9.09 Å². The van der Waals surface area contributed by atoms with E-state index < -0.39 is 21.4 Å². The van der Waals surface area contributed by atoms with Crippen LogP contribution in [-0.4, -0.2) is 37.8 Å². The third-order valence-electron chi connectivity index (χ3n) is 3.83. The van der Waals surface area contributed by atoms with E-state index in [9.17, 15) is 18.3 Å². The Balaban J connectivity index is 2.97. The number of carbonyl (C=O) groups is 1. The van der Waals surface area contributed by atoms with Crippen LogP contribution in [0.25, 0.3) is 0 Å². The molecule has 8 heteroatoms. The zero-order chi connectivity index (χ0) is 16.3. The first-order chi connectivity index (χ1) is 9.71. The highest BCUT2D eigenvalue weighted by molar-refractivity contribution is 7.91. The summed E-state index contributed by atoms with van der Waals surface area (Å²) >= 11 is 0.735. The van der Waals surface area contributed by atoms with Crippen molar-refractivity contribution in [1.29, 1.82) is 0 Å². The van der Waals surface area contributed by atoms with Gasteiger partial charge in [-0.1, -0.05) is 13.8 Å². The average molecular weight is 335 g/mol. The average Bonchev–Trinajstić information content (AvgIpc) is 2.84. The molecule has 120 valence electrons. The number of carboxylic acids is 1. The standard InChI is InChI=1S/C13H21NO5S2/c1-4-13(5-2,8-15)7-14-21(18,19)10-6-9(3)11(20-10)12(16)17/h6,14-15H,4-5,7-8H2,1-3H3,(H,16,17). The number of hydrogen-bond acceptors (Lipinski definition) is 5. The third-order valence-corrected chi connectivity index (χ3v) is 6.93. The number of aliphatic hydroxyl groups excluding tert-OH is 1. The summed E-state index contributed by atoms with van der Waals surface area (Å²) in [5.41, 5.74) is -0.0677. The second-order valence-corrected chi connectivity index (χ2v) is 8.12. The molecule has 0 saturated heterocycles. The van der Waals surface area contributed by atoms with E-state index in [0.29, 0.717) is 18.4 Å². The predicted molar refractivity (Wildman–Crippen MR) is 81.3 cm³/mol. The molecule has 0 aliphatic heterocycles. The maximum atomic E-state index is 12.2. The quantitative estimate of drug-likeness (QED) is 0.672. The van der Waals surface area contributed by atoms with E-state index in [-0.39, 0.29) is 22.2 Å². The van der Waals surface area contributed by atoms with Crippen molar-refractivity contribution in [1.82, 2.24) is 4.72 Å². The van der Waals surface area contributed by atoms with E-state index in [1.165, 1.54) is 6.07 Å².